The molecule has 0 aromatic heterocycles. The highest BCUT2D eigenvalue weighted by atomic mass is 16.3. The van der Waals surface area contributed by atoms with Gasteiger partial charge in [-0.2, -0.15) is 0 Å². The predicted molar refractivity (Wildman–Crippen MR) is 58.0 cm³/mol. The molecule has 3 atom stereocenters. The number of hydrogen-bond donors (Lipinski definition) is 2. The second-order valence-corrected chi connectivity index (χ2v) is 5.57. The third-order valence-corrected chi connectivity index (χ3v) is 4.27. The Morgan fingerprint density at radius 2 is 1.71 bits per heavy atom. The molecule has 0 heterocycles. The van der Waals surface area contributed by atoms with Crippen molar-refractivity contribution in [1.82, 2.24) is 0 Å². The van der Waals surface area contributed by atoms with E-state index in [0.29, 0.717) is 5.92 Å². The fourth-order valence-electron chi connectivity index (χ4n) is 2.40. The van der Waals surface area contributed by atoms with Gasteiger partial charge in [0.25, 0.3) is 0 Å². The monoisotopic (exact) mass is 200 g/mol. The SMILES string of the molecule is CC(C)C(C)(C)C1CCCC(O)C1O. The molecule has 1 rings (SSSR count). The van der Waals surface area contributed by atoms with Crippen LogP contribution in [0.2, 0.25) is 0 Å². The molecular formula is C12H24O2. The highest BCUT2D eigenvalue weighted by Crippen LogP contribution is 2.43. The first-order valence-electron chi connectivity index (χ1n) is 5.73. The third-order valence-electron chi connectivity index (χ3n) is 4.27. The summed E-state index contributed by atoms with van der Waals surface area (Å²) in [6.45, 7) is 8.77. The smallest absolute Gasteiger partial charge is 0.0832 e. The van der Waals surface area contributed by atoms with E-state index in [1.165, 1.54) is 0 Å². The van der Waals surface area contributed by atoms with Crippen LogP contribution in [0, 0.1) is 17.3 Å². The summed E-state index contributed by atoms with van der Waals surface area (Å²) in [5.41, 5.74) is 0.112. The molecule has 2 N–H and O–H groups in total. The van der Waals surface area contributed by atoms with Crippen molar-refractivity contribution in [3.63, 3.8) is 0 Å². The van der Waals surface area contributed by atoms with Gasteiger partial charge in [0.15, 0.2) is 0 Å². The van der Waals surface area contributed by atoms with Crippen LogP contribution in [0.1, 0.15) is 47.0 Å². The Labute approximate surface area is 87.3 Å². The van der Waals surface area contributed by atoms with E-state index in [-0.39, 0.29) is 11.3 Å². The molecule has 0 aromatic carbocycles. The van der Waals surface area contributed by atoms with Crippen LogP contribution >= 0.6 is 0 Å². The van der Waals surface area contributed by atoms with Gasteiger partial charge in [-0.05, 0) is 30.1 Å². The van der Waals surface area contributed by atoms with Crippen molar-refractivity contribution in [3.8, 4) is 0 Å². The minimum absolute atomic E-state index is 0.112. The molecule has 0 spiro atoms. The van der Waals surface area contributed by atoms with Crippen molar-refractivity contribution in [2.45, 2.75) is 59.2 Å². The van der Waals surface area contributed by atoms with Gasteiger partial charge in [-0.3, -0.25) is 0 Å². The Hall–Kier alpha value is -0.0800. The van der Waals surface area contributed by atoms with Crippen molar-refractivity contribution < 1.29 is 10.2 Å². The number of aliphatic hydroxyl groups is 2. The molecule has 1 saturated carbocycles. The quantitative estimate of drug-likeness (QED) is 0.717. The van der Waals surface area contributed by atoms with Crippen molar-refractivity contribution in [2.24, 2.45) is 17.3 Å². The highest BCUT2D eigenvalue weighted by molar-refractivity contribution is 4.91. The zero-order chi connectivity index (χ0) is 10.9. The predicted octanol–water partition coefficient (Wildman–Crippen LogP) is 2.19. The molecule has 0 radical (unpaired) electrons. The van der Waals surface area contributed by atoms with Gasteiger partial charge in [0, 0.05) is 0 Å². The lowest BCUT2D eigenvalue weighted by Gasteiger charge is -2.44. The lowest BCUT2D eigenvalue weighted by molar-refractivity contribution is -0.0905. The van der Waals surface area contributed by atoms with Crippen LogP contribution in [0.15, 0.2) is 0 Å². The van der Waals surface area contributed by atoms with Crippen molar-refractivity contribution in [1.29, 1.82) is 0 Å². The normalized spacial score (nSPS) is 34.9. The molecule has 0 aliphatic heterocycles. The summed E-state index contributed by atoms with van der Waals surface area (Å²) in [7, 11) is 0. The van der Waals surface area contributed by atoms with E-state index < -0.39 is 12.2 Å². The van der Waals surface area contributed by atoms with E-state index in [9.17, 15) is 10.2 Å². The average Bonchev–Trinajstić information content (AvgIpc) is 2.09. The van der Waals surface area contributed by atoms with E-state index in [1.807, 2.05) is 0 Å². The standard InChI is InChI=1S/C12H24O2/c1-8(2)12(3,4)9-6-5-7-10(13)11(9)14/h8-11,13-14H,5-7H2,1-4H3. The first-order valence-corrected chi connectivity index (χ1v) is 5.73. The van der Waals surface area contributed by atoms with Gasteiger partial charge in [0.1, 0.15) is 0 Å². The van der Waals surface area contributed by atoms with Crippen LogP contribution in [0.5, 0.6) is 0 Å². The molecule has 1 aliphatic carbocycles. The van der Waals surface area contributed by atoms with Gasteiger partial charge >= 0.3 is 0 Å². The van der Waals surface area contributed by atoms with E-state index in [2.05, 4.69) is 27.7 Å². The van der Waals surface area contributed by atoms with E-state index >= 15 is 0 Å². The van der Waals surface area contributed by atoms with Gasteiger partial charge in [0.05, 0.1) is 12.2 Å². The van der Waals surface area contributed by atoms with E-state index in [4.69, 9.17) is 0 Å². The third kappa shape index (κ3) is 2.12. The number of rotatable bonds is 2. The summed E-state index contributed by atoms with van der Waals surface area (Å²) in [6.07, 6.45) is 1.81. The largest absolute Gasteiger partial charge is 0.390 e. The van der Waals surface area contributed by atoms with Gasteiger partial charge < -0.3 is 10.2 Å². The van der Waals surface area contributed by atoms with E-state index in [1.54, 1.807) is 0 Å². The topological polar surface area (TPSA) is 40.5 Å². The van der Waals surface area contributed by atoms with Gasteiger partial charge in [-0.15, -0.1) is 0 Å². The Morgan fingerprint density at radius 1 is 1.14 bits per heavy atom. The molecule has 0 aromatic rings. The van der Waals surface area contributed by atoms with Crippen LogP contribution < -0.4 is 0 Å². The summed E-state index contributed by atoms with van der Waals surface area (Å²) in [5.74, 6) is 0.777. The molecule has 84 valence electrons. The zero-order valence-corrected chi connectivity index (χ0v) is 9.83. The van der Waals surface area contributed by atoms with Crippen molar-refractivity contribution in [2.75, 3.05) is 0 Å². The lowest BCUT2D eigenvalue weighted by atomic mass is 9.64. The summed E-state index contributed by atoms with van der Waals surface area (Å²) >= 11 is 0. The van der Waals surface area contributed by atoms with Crippen LogP contribution in [0.4, 0.5) is 0 Å². The highest BCUT2D eigenvalue weighted by Gasteiger charge is 2.41. The molecule has 14 heavy (non-hydrogen) atoms. The molecule has 1 fully saturated rings. The van der Waals surface area contributed by atoms with Gasteiger partial charge in [-0.1, -0.05) is 34.1 Å². The molecule has 0 saturated heterocycles. The first-order chi connectivity index (χ1) is 6.37. The maximum atomic E-state index is 9.97. The summed E-state index contributed by atoms with van der Waals surface area (Å²) in [6, 6.07) is 0. The van der Waals surface area contributed by atoms with Crippen LogP contribution in [0.3, 0.4) is 0 Å². The Bertz CT molecular complexity index is 187. The molecule has 0 bridgehead atoms. The first kappa shape index (κ1) is 12.0. The van der Waals surface area contributed by atoms with Crippen molar-refractivity contribution in [3.05, 3.63) is 0 Å². The Kier molecular flexibility index (Phi) is 3.59. The van der Waals surface area contributed by atoms with Gasteiger partial charge in [-0.25, -0.2) is 0 Å². The minimum atomic E-state index is -0.527. The number of aliphatic hydroxyl groups excluding tert-OH is 2. The zero-order valence-electron chi connectivity index (χ0n) is 9.83. The minimum Gasteiger partial charge on any atom is -0.390 e. The van der Waals surface area contributed by atoms with Crippen LogP contribution in [-0.2, 0) is 0 Å². The fraction of sp³-hybridized carbons (Fsp3) is 1.00. The average molecular weight is 200 g/mol. The fourth-order valence-corrected chi connectivity index (χ4v) is 2.40. The molecule has 2 nitrogen and oxygen atoms in total. The van der Waals surface area contributed by atoms with Crippen molar-refractivity contribution >= 4 is 0 Å². The second kappa shape index (κ2) is 4.19. The Balaban J connectivity index is 2.75. The summed E-state index contributed by atoms with van der Waals surface area (Å²) in [5, 5.41) is 19.6. The van der Waals surface area contributed by atoms with Gasteiger partial charge in [0.2, 0.25) is 0 Å². The molecule has 2 heteroatoms. The summed E-state index contributed by atoms with van der Waals surface area (Å²) in [4.78, 5) is 0. The number of hydrogen-bond acceptors (Lipinski definition) is 2. The van der Waals surface area contributed by atoms with Crippen LogP contribution in [-0.4, -0.2) is 22.4 Å². The molecule has 1 aliphatic rings. The lowest BCUT2D eigenvalue weighted by Crippen LogP contribution is -2.46. The van der Waals surface area contributed by atoms with E-state index in [0.717, 1.165) is 19.3 Å². The molecule has 0 amide bonds. The maximum Gasteiger partial charge on any atom is 0.0832 e. The van der Waals surface area contributed by atoms with Crippen LogP contribution in [0.25, 0.3) is 0 Å². The molecular weight excluding hydrogens is 176 g/mol. The molecule has 3 unspecified atom stereocenters. The maximum absolute atomic E-state index is 9.97. The Morgan fingerprint density at radius 3 is 2.21 bits per heavy atom. The summed E-state index contributed by atoms with van der Waals surface area (Å²) < 4.78 is 0. The second-order valence-electron chi connectivity index (χ2n) is 5.57.